The lowest BCUT2D eigenvalue weighted by Gasteiger charge is -2.23. The molecule has 0 spiro atoms. The number of carbonyl (C=O) groups excluding carboxylic acids is 1. The van der Waals surface area contributed by atoms with Crippen LogP contribution in [-0.2, 0) is 0 Å². The minimum atomic E-state index is -0.0689. The highest BCUT2D eigenvalue weighted by molar-refractivity contribution is 5.93. The Morgan fingerprint density at radius 2 is 2.06 bits per heavy atom. The Morgan fingerprint density at radius 1 is 1.26 bits per heavy atom. The van der Waals surface area contributed by atoms with E-state index in [1.807, 2.05) is 14.0 Å². The highest BCUT2D eigenvalue weighted by Gasteiger charge is 2.26. The first-order valence-electron chi connectivity index (χ1n) is 11.5. The fourth-order valence-electron chi connectivity index (χ4n) is 4.54. The summed E-state index contributed by atoms with van der Waals surface area (Å²) in [5.41, 5.74) is 3.27. The number of likely N-dealkylation sites (tertiary alicyclic amines) is 1. The average molecular weight is 459 g/mol. The van der Waals surface area contributed by atoms with Gasteiger partial charge in [-0.05, 0) is 75.0 Å². The van der Waals surface area contributed by atoms with E-state index >= 15 is 0 Å². The van der Waals surface area contributed by atoms with Crippen LogP contribution in [0.25, 0.3) is 16.9 Å². The van der Waals surface area contributed by atoms with Gasteiger partial charge in [0.1, 0.15) is 0 Å². The second-order valence-electron chi connectivity index (χ2n) is 9.27. The Bertz CT molecular complexity index is 1230. The van der Waals surface area contributed by atoms with Crippen LogP contribution in [0.4, 0.5) is 0 Å². The lowest BCUT2D eigenvalue weighted by Crippen LogP contribution is -2.34. The van der Waals surface area contributed by atoms with E-state index in [1.54, 1.807) is 41.4 Å². The molecule has 8 nitrogen and oxygen atoms in total. The van der Waals surface area contributed by atoms with Crippen LogP contribution < -0.4 is 0 Å². The molecule has 1 atom stereocenters. The van der Waals surface area contributed by atoms with Gasteiger partial charge in [0.2, 0.25) is 5.88 Å². The number of benzene rings is 1. The van der Waals surface area contributed by atoms with E-state index in [1.165, 1.54) is 10.9 Å². The van der Waals surface area contributed by atoms with Gasteiger partial charge in [0.05, 0.1) is 29.0 Å². The molecule has 2 aromatic heterocycles. The summed E-state index contributed by atoms with van der Waals surface area (Å²) in [4.78, 5) is 21.5. The molecule has 0 saturated carbocycles. The third kappa shape index (κ3) is 4.66. The molecule has 8 heteroatoms. The van der Waals surface area contributed by atoms with E-state index < -0.39 is 0 Å². The maximum Gasteiger partial charge on any atom is 0.255 e. The molecule has 3 aromatic rings. The molecular formula is C26H30N6O2. The molecule has 176 valence electrons. The Balaban J connectivity index is 1.47. The number of rotatable bonds is 6. The summed E-state index contributed by atoms with van der Waals surface area (Å²) >= 11 is 0. The first-order valence-corrected chi connectivity index (χ1v) is 11.5. The average Bonchev–Trinajstić information content (AvgIpc) is 3.45. The van der Waals surface area contributed by atoms with Crippen LogP contribution in [0.3, 0.4) is 0 Å². The van der Waals surface area contributed by atoms with E-state index in [0.29, 0.717) is 34.5 Å². The van der Waals surface area contributed by atoms with E-state index in [-0.39, 0.29) is 11.8 Å². The number of aromatic nitrogens is 3. The predicted molar refractivity (Wildman–Crippen MR) is 130 cm³/mol. The molecule has 1 fully saturated rings. The SMILES string of the molecule is Cc1cc(C#N)ccc1-c1cnn(-c2ccc(C(=O)N(C)CC3CCN(C(C)C)C3)cn2)c1O. The maximum absolute atomic E-state index is 12.9. The van der Waals surface area contributed by atoms with E-state index in [2.05, 4.69) is 34.9 Å². The number of nitriles is 1. The predicted octanol–water partition coefficient (Wildman–Crippen LogP) is 3.62. The van der Waals surface area contributed by atoms with Gasteiger partial charge in [-0.3, -0.25) is 4.79 Å². The molecule has 1 amide bonds. The normalized spacial score (nSPS) is 16.1. The highest BCUT2D eigenvalue weighted by Crippen LogP contribution is 2.33. The van der Waals surface area contributed by atoms with Crippen molar-refractivity contribution in [2.45, 2.75) is 33.2 Å². The van der Waals surface area contributed by atoms with Crippen molar-refractivity contribution in [2.75, 3.05) is 26.7 Å². The van der Waals surface area contributed by atoms with Gasteiger partial charge in [0.15, 0.2) is 5.82 Å². The molecule has 1 unspecified atom stereocenters. The smallest absolute Gasteiger partial charge is 0.255 e. The molecule has 1 saturated heterocycles. The molecule has 3 heterocycles. The molecule has 4 rings (SSSR count). The standard InChI is InChI=1S/C26H30N6O2/c1-17(2)31-10-9-20(16-31)15-30(4)25(33)21-6-8-24(28-13-21)32-26(34)23(14-29-32)22-7-5-19(12-27)11-18(22)3/h5-8,11,13-14,17,20,34H,9-10,15-16H2,1-4H3. The second kappa shape index (κ2) is 9.65. The first kappa shape index (κ1) is 23.5. The monoisotopic (exact) mass is 458 g/mol. The van der Waals surface area contributed by atoms with Crippen LogP contribution in [0.1, 0.15) is 41.8 Å². The van der Waals surface area contributed by atoms with Crippen LogP contribution in [0.15, 0.2) is 42.7 Å². The minimum absolute atomic E-state index is 0.0487. The highest BCUT2D eigenvalue weighted by atomic mass is 16.3. The van der Waals surface area contributed by atoms with Crippen molar-refractivity contribution >= 4 is 5.91 Å². The molecule has 1 aromatic carbocycles. The van der Waals surface area contributed by atoms with Crippen molar-refractivity contribution in [3.05, 3.63) is 59.4 Å². The molecule has 0 bridgehead atoms. The minimum Gasteiger partial charge on any atom is -0.493 e. The van der Waals surface area contributed by atoms with Gasteiger partial charge < -0.3 is 14.9 Å². The Hall–Kier alpha value is -3.70. The molecule has 0 aliphatic carbocycles. The summed E-state index contributed by atoms with van der Waals surface area (Å²) < 4.78 is 1.34. The Labute approximate surface area is 200 Å². The third-order valence-corrected chi connectivity index (χ3v) is 6.53. The summed E-state index contributed by atoms with van der Waals surface area (Å²) in [6, 6.07) is 11.3. The summed E-state index contributed by atoms with van der Waals surface area (Å²) in [7, 11) is 1.83. The van der Waals surface area contributed by atoms with Gasteiger partial charge in [-0.15, -0.1) is 0 Å². The Kier molecular flexibility index (Phi) is 6.66. The van der Waals surface area contributed by atoms with E-state index in [9.17, 15) is 9.90 Å². The van der Waals surface area contributed by atoms with Crippen molar-refractivity contribution in [1.82, 2.24) is 24.6 Å². The number of hydrogen-bond donors (Lipinski definition) is 1. The van der Waals surface area contributed by atoms with E-state index in [4.69, 9.17) is 5.26 Å². The number of hydrogen-bond acceptors (Lipinski definition) is 6. The zero-order valence-electron chi connectivity index (χ0n) is 20.1. The zero-order valence-corrected chi connectivity index (χ0v) is 20.1. The largest absolute Gasteiger partial charge is 0.493 e. The molecule has 1 aliphatic heterocycles. The van der Waals surface area contributed by atoms with Crippen molar-refractivity contribution in [1.29, 1.82) is 5.26 Å². The quantitative estimate of drug-likeness (QED) is 0.606. The van der Waals surface area contributed by atoms with Crippen LogP contribution >= 0.6 is 0 Å². The van der Waals surface area contributed by atoms with Gasteiger partial charge >= 0.3 is 0 Å². The summed E-state index contributed by atoms with van der Waals surface area (Å²) in [5.74, 6) is 0.777. The lowest BCUT2D eigenvalue weighted by atomic mass is 10.0. The van der Waals surface area contributed by atoms with Crippen molar-refractivity contribution < 1.29 is 9.90 Å². The molecule has 1 aliphatic rings. The topological polar surface area (TPSA) is 98.3 Å². The third-order valence-electron chi connectivity index (χ3n) is 6.53. The van der Waals surface area contributed by atoms with Crippen LogP contribution in [0.5, 0.6) is 5.88 Å². The zero-order chi connectivity index (χ0) is 24.4. The molecule has 0 radical (unpaired) electrons. The van der Waals surface area contributed by atoms with Crippen molar-refractivity contribution in [2.24, 2.45) is 5.92 Å². The van der Waals surface area contributed by atoms with Gasteiger partial charge in [0.25, 0.3) is 5.91 Å². The number of pyridine rings is 1. The molecular weight excluding hydrogens is 428 g/mol. The number of aryl methyl sites for hydroxylation is 1. The van der Waals surface area contributed by atoms with Crippen molar-refractivity contribution in [3.63, 3.8) is 0 Å². The van der Waals surface area contributed by atoms with Gasteiger partial charge in [-0.1, -0.05) is 6.07 Å². The summed E-state index contributed by atoms with van der Waals surface area (Å²) in [6.45, 7) is 9.11. The lowest BCUT2D eigenvalue weighted by molar-refractivity contribution is 0.0772. The van der Waals surface area contributed by atoms with Gasteiger partial charge in [-0.2, -0.15) is 15.0 Å². The second-order valence-corrected chi connectivity index (χ2v) is 9.27. The van der Waals surface area contributed by atoms with Crippen molar-refractivity contribution in [3.8, 4) is 28.9 Å². The number of aromatic hydroxyl groups is 1. The number of amides is 1. The Morgan fingerprint density at radius 3 is 2.68 bits per heavy atom. The summed E-state index contributed by atoms with van der Waals surface area (Å²) in [5, 5.41) is 24.1. The van der Waals surface area contributed by atoms with E-state index in [0.717, 1.165) is 37.2 Å². The fourth-order valence-corrected chi connectivity index (χ4v) is 4.54. The van der Waals surface area contributed by atoms with Crippen LogP contribution in [0.2, 0.25) is 0 Å². The van der Waals surface area contributed by atoms with Crippen LogP contribution in [-0.4, -0.2) is 68.3 Å². The number of nitrogens with zero attached hydrogens (tertiary/aromatic N) is 6. The summed E-state index contributed by atoms with van der Waals surface area (Å²) in [6.07, 6.45) is 4.20. The van der Waals surface area contributed by atoms with Crippen LogP contribution in [0, 0.1) is 24.2 Å². The molecule has 34 heavy (non-hydrogen) atoms. The molecule has 1 N–H and O–H groups in total. The first-order chi connectivity index (χ1) is 16.3. The van der Waals surface area contributed by atoms with Gasteiger partial charge in [-0.25, -0.2) is 4.98 Å². The number of carbonyl (C=O) groups is 1. The maximum atomic E-state index is 12.9. The fraction of sp³-hybridized carbons (Fsp3) is 0.385. The van der Waals surface area contributed by atoms with Gasteiger partial charge in [0, 0.05) is 32.4 Å².